The van der Waals surface area contributed by atoms with E-state index in [1.165, 1.54) is 12.1 Å². The van der Waals surface area contributed by atoms with Gasteiger partial charge in [-0.2, -0.15) is 0 Å². The van der Waals surface area contributed by atoms with Gasteiger partial charge in [0, 0.05) is 0 Å². The maximum Gasteiger partial charge on any atom is 0.421 e. The van der Waals surface area contributed by atoms with Crippen LogP contribution in [0.2, 0.25) is 0 Å². The first-order valence-electron chi connectivity index (χ1n) is 7.52. The van der Waals surface area contributed by atoms with E-state index in [0.29, 0.717) is 0 Å². The molecule has 5 nitrogen and oxygen atoms in total. The SMILES string of the molecule is CC(C)(C)c1ccc(S(=O)(=O)NC(=O)OCc2ccccc2)cc1. The number of rotatable bonds is 4. The highest BCUT2D eigenvalue weighted by Crippen LogP contribution is 2.23. The van der Waals surface area contributed by atoms with Crippen molar-refractivity contribution in [3.05, 3.63) is 65.7 Å². The molecule has 2 aromatic carbocycles. The zero-order valence-electron chi connectivity index (χ0n) is 13.9. The number of carbonyl (C=O) groups excluding carboxylic acids is 1. The van der Waals surface area contributed by atoms with Crippen LogP contribution < -0.4 is 4.72 Å². The number of sulfonamides is 1. The Kier molecular flexibility index (Phi) is 5.29. The number of amides is 1. The normalized spacial score (nSPS) is 11.8. The summed E-state index contributed by atoms with van der Waals surface area (Å²) in [6.07, 6.45) is -1.00. The fraction of sp³-hybridized carbons (Fsp3) is 0.278. The second-order valence-electron chi connectivity index (χ2n) is 6.44. The van der Waals surface area contributed by atoms with E-state index < -0.39 is 16.1 Å². The Morgan fingerprint density at radius 3 is 2.12 bits per heavy atom. The van der Waals surface area contributed by atoms with E-state index in [9.17, 15) is 13.2 Å². The minimum absolute atomic E-state index is 0.00511. The van der Waals surface area contributed by atoms with Gasteiger partial charge in [-0.25, -0.2) is 17.9 Å². The number of nitrogens with one attached hydrogen (secondary N) is 1. The zero-order valence-corrected chi connectivity index (χ0v) is 14.8. The van der Waals surface area contributed by atoms with Gasteiger partial charge in [0.25, 0.3) is 10.0 Å². The Balaban J connectivity index is 2.01. The van der Waals surface area contributed by atoms with Crippen molar-refractivity contribution in [3.63, 3.8) is 0 Å². The molecule has 0 aliphatic heterocycles. The predicted molar refractivity (Wildman–Crippen MR) is 92.1 cm³/mol. The number of carbonyl (C=O) groups is 1. The molecule has 0 saturated carbocycles. The lowest BCUT2D eigenvalue weighted by atomic mass is 9.87. The predicted octanol–water partition coefficient (Wildman–Crippen LogP) is 3.60. The third-order valence-electron chi connectivity index (χ3n) is 3.46. The van der Waals surface area contributed by atoms with Gasteiger partial charge in [0.1, 0.15) is 6.61 Å². The van der Waals surface area contributed by atoms with Crippen molar-refractivity contribution in [1.29, 1.82) is 0 Å². The van der Waals surface area contributed by atoms with Crippen LogP contribution in [0.5, 0.6) is 0 Å². The molecule has 0 spiro atoms. The molecule has 0 bridgehead atoms. The monoisotopic (exact) mass is 347 g/mol. The summed E-state index contributed by atoms with van der Waals surface area (Å²) < 4.78 is 31.3. The second-order valence-corrected chi connectivity index (χ2v) is 8.12. The summed E-state index contributed by atoms with van der Waals surface area (Å²) in [5, 5.41) is 0. The molecule has 2 aromatic rings. The first-order chi connectivity index (χ1) is 11.2. The molecule has 2 rings (SSSR count). The summed E-state index contributed by atoms with van der Waals surface area (Å²) in [5.74, 6) is 0. The van der Waals surface area contributed by atoms with Crippen LogP contribution in [0.15, 0.2) is 59.5 Å². The highest BCUT2D eigenvalue weighted by molar-refractivity contribution is 7.90. The lowest BCUT2D eigenvalue weighted by molar-refractivity contribution is 0.146. The smallest absolute Gasteiger partial charge is 0.421 e. The van der Waals surface area contributed by atoms with Gasteiger partial charge >= 0.3 is 6.09 Å². The van der Waals surface area contributed by atoms with E-state index in [1.807, 2.05) is 43.7 Å². The number of ether oxygens (including phenoxy) is 1. The maximum atomic E-state index is 12.2. The maximum absolute atomic E-state index is 12.2. The van der Waals surface area contributed by atoms with E-state index in [4.69, 9.17) is 4.74 Å². The van der Waals surface area contributed by atoms with Crippen molar-refractivity contribution in [2.45, 2.75) is 37.7 Å². The molecule has 0 unspecified atom stereocenters. The average molecular weight is 347 g/mol. The number of benzene rings is 2. The minimum Gasteiger partial charge on any atom is -0.444 e. The van der Waals surface area contributed by atoms with Crippen LogP contribution in [-0.4, -0.2) is 14.5 Å². The summed E-state index contributed by atoms with van der Waals surface area (Å²) in [6, 6.07) is 15.5. The molecule has 0 aromatic heterocycles. The van der Waals surface area contributed by atoms with Crippen molar-refractivity contribution in [1.82, 2.24) is 4.72 Å². The lowest BCUT2D eigenvalue weighted by Crippen LogP contribution is -2.31. The van der Waals surface area contributed by atoms with Crippen molar-refractivity contribution < 1.29 is 17.9 Å². The van der Waals surface area contributed by atoms with E-state index in [2.05, 4.69) is 0 Å². The fourth-order valence-electron chi connectivity index (χ4n) is 2.06. The first kappa shape index (κ1) is 18.0. The van der Waals surface area contributed by atoms with Crippen molar-refractivity contribution in [3.8, 4) is 0 Å². The molecule has 0 heterocycles. The van der Waals surface area contributed by atoms with Crippen LogP contribution >= 0.6 is 0 Å². The molecule has 1 amide bonds. The fourth-order valence-corrected chi connectivity index (χ4v) is 2.95. The minimum atomic E-state index is -3.95. The van der Waals surface area contributed by atoms with Gasteiger partial charge in [0.05, 0.1) is 4.90 Å². The topological polar surface area (TPSA) is 72.5 Å². The van der Waals surface area contributed by atoms with Crippen LogP contribution in [0.1, 0.15) is 31.9 Å². The summed E-state index contributed by atoms with van der Waals surface area (Å²) in [4.78, 5) is 11.7. The van der Waals surface area contributed by atoms with Crippen LogP contribution in [0, 0.1) is 0 Å². The molecule has 0 radical (unpaired) electrons. The molecule has 0 atom stereocenters. The third kappa shape index (κ3) is 4.83. The Morgan fingerprint density at radius 2 is 1.58 bits per heavy atom. The lowest BCUT2D eigenvalue weighted by Gasteiger charge is -2.19. The van der Waals surface area contributed by atoms with Gasteiger partial charge in [0.15, 0.2) is 0 Å². The highest BCUT2D eigenvalue weighted by atomic mass is 32.2. The van der Waals surface area contributed by atoms with Gasteiger partial charge in [-0.1, -0.05) is 63.2 Å². The molecule has 0 saturated heterocycles. The van der Waals surface area contributed by atoms with Crippen molar-refractivity contribution in [2.75, 3.05) is 0 Å². The second kappa shape index (κ2) is 7.05. The molecular weight excluding hydrogens is 326 g/mol. The van der Waals surface area contributed by atoms with E-state index >= 15 is 0 Å². The summed E-state index contributed by atoms with van der Waals surface area (Å²) in [7, 11) is -3.95. The van der Waals surface area contributed by atoms with E-state index in [-0.39, 0.29) is 16.9 Å². The van der Waals surface area contributed by atoms with Gasteiger partial charge in [-0.15, -0.1) is 0 Å². The van der Waals surface area contributed by atoms with Crippen LogP contribution in [0.25, 0.3) is 0 Å². The Hall–Kier alpha value is -2.34. The molecule has 6 heteroatoms. The summed E-state index contributed by atoms with van der Waals surface area (Å²) >= 11 is 0. The Bertz CT molecular complexity index is 791. The number of hydrogen-bond donors (Lipinski definition) is 1. The molecule has 1 N–H and O–H groups in total. The van der Waals surface area contributed by atoms with E-state index in [1.54, 1.807) is 24.3 Å². The average Bonchev–Trinajstić information content (AvgIpc) is 2.53. The van der Waals surface area contributed by atoms with Crippen molar-refractivity contribution >= 4 is 16.1 Å². The molecule has 128 valence electrons. The first-order valence-corrected chi connectivity index (χ1v) is 9.01. The zero-order chi connectivity index (χ0) is 17.8. The summed E-state index contributed by atoms with van der Waals surface area (Å²) in [6.45, 7) is 6.12. The van der Waals surface area contributed by atoms with Crippen LogP contribution in [0.3, 0.4) is 0 Å². The quantitative estimate of drug-likeness (QED) is 0.917. The number of hydrogen-bond acceptors (Lipinski definition) is 4. The highest BCUT2D eigenvalue weighted by Gasteiger charge is 2.20. The van der Waals surface area contributed by atoms with Crippen molar-refractivity contribution in [2.24, 2.45) is 0 Å². The van der Waals surface area contributed by atoms with Gasteiger partial charge in [-0.05, 0) is 28.7 Å². The van der Waals surface area contributed by atoms with E-state index in [0.717, 1.165) is 11.1 Å². The van der Waals surface area contributed by atoms with Crippen LogP contribution in [-0.2, 0) is 26.8 Å². The molecule has 0 fully saturated rings. The van der Waals surface area contributed by atoms with Gasteiger partial charge in [0.2, 0.25) is 0 Å². The third-order valence-corrected chi connectivity index (χ3v) is 4.79. The molecule has 0 aliphatic rings. The molecular formula is C18H21NO4S. The standard InChI is InChI=1S/C18H21NO4S/c1-18(2,3)15-9-11-16(12-10-15)24(21,22)19-17(20)23-13-14-7-5-4-6-8-14/h4-12H,13H2,1-3H3,(H,19,20). The van der Waals surface area contributed by atoms with Gasteiger partial charge in [-0.3, -0.25) is 0 Å². The molecule has 24 heavy (non-hydrogen) atoms. The van der Waals surface area contributed by atoms with Gasteiger partial charge < -0.3 is 4.74 Å². The Labute approximate surface area is 142 Å². The Morgan fingerprint density at radius 1 is 1.00 bits per heavy atom. The largest absolute Gasteiger partial charge is 0.444 e. The molecule has 0 aliphatic carbocycles. The van der Waals surface area contributed by atoms with Crippen LogP contribution in [0.4, 0.5) is 4.79 Å². The summed E-state index contributed by atoms with van der Waals surface area (Å²) in [5.41, 5.74) is 1.71.